The van der Waals surface area contributed by atoms with E-state index in [9.17, 15) is 0 Å². The summed E-state index contributed by atoms with van der Waals surface area (Å²) in [6, 6.07) is 14.2. The molecule has 4 heteroatoms. The summed E-state index contributed by atoms with van der Waals surface area (Å²) in [7, 11) is 6.94. The van der Waals surface area contributed by atoms with Gasteiger partial charge in [0.25, 0.3) is 0 Å². The number of benzene rings is 2. The van der Waals surface area contributed by atoms with E-state index >= 15 is 0 Å². The van der Waals surface area contributed by atoms with Gasteiger partial charge in [-0.25, -0.2) is 4.57 Å². The van der Waals surface area contributed by atoms with E-state index in [4.69, 9.17) is 14.2 Å². The van der Waals surface area contributed by atoms with Crippen molar-refractivity contribution in [2.75, 3.05) is 21.3 Å². The molecule has 0 N–H and O–H groups in total. The van der Waals surface area contributed by atoms with Crippen LogP contribution >= 0.6 is 0 Å². The van der Waals surface area contributed by atoms with E-state index in [1.54, 1.807) is 21.3 Å². The third-order valence-electron chi connectivity index (χ3n) is 4.25. The fraction of sp³-hybridized carbons (Fsp3) is 0.190. The first-order valence-electron chi connectivity index (χ1n) is 8.03. The van der Waals surface area contributed by atoms with Crippen molar-refractivity contribution >= 4 is 23.1 Å². The predicted octanol–water partition coefficient (Wildman–Crippen LogP) is 3.86. The molecule has 0 aliphatic heterocycles. The van der Waals surface area contributed by atoms with Gasteiger partial charge < -0.3 is 14.2 Å². The fourth-order valence-corrected chi connectivity index (χ4v) is 2.90. The number of aromatic nitrogens is 1. The van der Waals surface area contributed by atoms with Crippen LogP contribution in [0.4, 0.5) is 0 Å². The summed E-state index contributed by atoms with van der Waals surface area (Å²) in [6.45, 7) is 0. The molecule has 0 bridgehead atoms. The second-order valence-corrected chi connectivity index (χ2v) is 5.68. The first kappa shape index (κ1) is 16.8. The lowest BCUT2D eigenvalue weighted by molar-refractivity contribution is -0.644. The summed E-state index contributed by atoms with van der Waals surface area (Å²) < 4.78 is 18.3. The predicted molar refractivity (Wildman–Crippen MR) is 100 cm³/mol. The SMILES string of the molecule is COc1cc(OC)c(OC)cc1/C=C/c1cc[n+](C)c2ccccc12. The van der Waals surface area contributed by atoms with Crippen LogP contribution in [-0.4, -0.2) is 21.3 Å². The molecular formula is C21H22NO3+. The number of hydrogen-bond acceptors (Lipinski definition) is 3. The van der Waals surface area contributed by atoms with E-state index in [0.717, 1.165) is 16.9 Å². The van der Waals surface area contributed by atoms with Gasteiger partial charge in [0.2, 0.25) is 5.52 Å². The molecule has 0 amide bonds. The zero-order valence-electron chi connectivity index (χ0n) is 14.9. The van der Waals surface area contributed by atoms with Gasteiger partial charge in [-0.05, 0) is 17.7 Å². The highest BCUT2D eigenvalue weighted by molar-refractivity contribution is 5.89. The lowest BCUT2D eigenvalue weighted by atomic mass is 10.1. The van der Waals surface area contributed by atoms with Crippen LogP contribution in [0.15, 0.2) is 48.7 Å². The normalized spacial score (nSPS) is 11.0. The monoisotopic (exact) mass is 336 g/mol. The molecular weight excluding hydrogens is 314 g/mol. The van der Waals surface area contributed by atoms with E-state index in [-0.39, 0.29) is 0 Å². The Morgan fingerprint density at radius 3 is 2.12 bits per heavy atom. The highest BCUT2D eigenvalue weighted by Crippen LogP contribution is 2.35. The number of nitrogens with zero attached hydrogens (tertiary/aromatic N) is 1. The molecule has 0 aliphatic carbocycles. The minimum Gasteiger partial charge on any atom is -0.496 e. The second kappa shape index (κ2) is 7.26. The van der Waals surface area contributed by atoms with Gasteiger partial charge in [-0.15, -0.1) is 0 Å². The number of rotatable bonds is 5. The Kier molecular flexibility index (Phi) is 4.89. The molecule has 1 heterocycles. The zero-order valence-corrected chi connectivity index (χ0v) is 14.9. The standard InChI is InChI=1S/C21H22NO3/c1-22-12-11-15(17-7-5-6-8-18(17)22)9-10-16-13-20(24-3)21(25-4)14-19(16)23-2/h5-14H,1-4H3/q+1/b10-9+. The molecule has 128 valence electrons. The van der Waals surface area contributed by atoms with E-state index in [1.165, 1.54) is 10.9 Å². The van der Waals surface area contributed by atoms with Crippen molar-refractivity contribution in [2.24, 2.45) is 7.05 Å². The number of aryl methyl sites for hydroxylation is 1. The van der Waals surface area contributed by atoms with Crippen LogP contribution in [0.5, 0.6) is 17.2 Å². The number of para-hydroxylation sites is 1. The van der Waals surface area contributed by atoms with Crippen molar-refractivity contribution in [3.05, 3.63) is 59.8 Å². The first-order chi connectivity index (χ1) is 12.2. The van der Waals surface area contributed by atoms with Gasteiger partial charge in [0, 0.05) is 23.8 Å². The van der Waals surface area contributed by atoms with Gasteiger partial charge in [0.15, 0.2) is 17.7 Å². The van der Waals surface area contributed by atoms with Crippen LogP contribution in [0.2, 0.25) is 0 Å². The smallest absolute Gasteiger partial charge is 0.212 e. The topological polar surface area (TPSA) is 31.6 Å². The van der Waals surface area contributed by atoms with Gasteiger partial charge >= 0.3 is 0 Å². The van der Waals surface area contributed by atoms with Crippen LogP contribution < -0.4 is 18.8 Å². The summed E-state index contributed by atoms with van der Waals surface area (Å²) in [4.78, 5) is 0. The molecule has 0 aliphatic rings. The maximum absolute atomic E-state index is 5.49. The summed E-state index contributed by atoms with van der Waals surface area (Å²) in [5, 5.41) is 1.20. The first-order valence-corrected chi connectivity index (χ1v) is 8.03. The number of fused-ring (bicyclic) bond motifs is 1. The molecule has 0 spiro atoms. The highest BCUT2D eigenvalue weighted by atomic mass is 16.5. The van der Waals surface area contributed by atoms with E-state index in [1.807, 2.05) is 31.3 Å². The van der Waals surface area contributed by atoms with Gasteiger partial charge in [-0.2, -0.15) is 0 Å². The van der Waals surface area contributed by atoms with E-state index < -0.39 is 0 Å². The van der Waals surface area contributed by atoms with Crippen molar-refractivity contribution in [1.82, 2.24) is 0 Å². The van der Waals surface area contributed by atoms with Crippen molar-refractivity contribution in [1.29, 1.82) is 0 Å². The quantitative estimate of drug-likeness (QED) is 0.663. The Morgan fingerprint density at radius 2 is 1.40 bits per heavy atom. The molecule has 0 fully saturated rings. The summed E-state index contributed by atoms with van der Waals surface area (Å²) >= 11 is 0. The van der Waals surface area contributed by atoms with Gasteiger partial charge in [0.05, 0.1) is 26.7 Å². The molecule has 3 aromatic rings. The van der Waals surface area contributed by atoms with E-state index in [0.29, 0.717) is 11.5 Å². The molecule has 1 aromatic heterocycles. The van der Waals surface area contributed by atoms with Gasteiger partial charge in [-0.1, -0.05) is 24.3 Å². The van der Waals surface area contributed by atoms with Crippen LogP contribution in [0.25, 0.3) is 23.1 Å². The molecule has 2 aromatic carbocycles. The second-order valence-electron chi connectivity index (χ2n) is 5.68. The Balaban J connectivity index is 2.07. The van der Waals surface area contributed by atoms with Gasteiger partial charge in [0.1, 0.15) is 12.8 Å². The third-order valence-corrected chi connectivity index (χ3v) is 4.25. The Labute approximate surface area is 147 Å². The summed E-state index contributed by atoms with van der Waals surface area (Å²) in [6.07, 6.45) is 6.18. The minimum atomic E-state index is 0.647. The van der Waals surface area contributed by atoms with Crippen LogP contribution in [0.1, 0.15) is 11.1 Å². The lowest BCUT2D eigenvalue weighted by Crippen LogP contribution is -2.28. The largest absolute Gasteiger partial charge is 0.496 e. The average molecular weight is 336 g/mol. The van der Waals surface area contributed by atoms with Gasteiger partial charge in [-0.3, -0.25) is 0 Å². The van der Waals surface area contributed by atoms with Crippen molar-refractivity contribution in [3.8, 4) is 17.2 Å². The molecule has 0 atom stereocenters. The lowest BCUT2D eigenvalue weighted by Gasteiger charge is -2.12. The van der Waals surface area contributed by atoms with E-state index in [2.05, 4.69) is 41.1 Å². The molecule has 3 rings (SSSR count). The van der Waals surface area contributed by atoms with Crippen molar-refractivity contribution in [3.63, 3.8) is 0 Å². The molecule has 0 saturated heterocycles. The number of ether oxygens (including phenoxy) is 3. The third kappa shape index (κ3) is 3.29. The molecule has 0 radical (unpaired) electrons. The number of hydrogen-bond donors (Lipinski definition) is 0. The summed E-state index contributed by atoms with van der Waals surface area (Å²) in [5.74, 6) is 2.06. The summed E-state index contributed by atoms with van der Waals surface area (Å²) in [5.41, 5.74) is 3.26. The number of methoxy groups -OCH3 is 3. The maximum Gasteiger partial charge on any atom is 0.212 e. The number of pyridine rings is 1. The minimum absolute atomic E-state index is 0.647. The van der Waals surface area contributed by atoms with Crippen molar-refractivity contribution in [2.45, 2.75) is 0 Å². The van der Waals surface area contributed by atoms with Crippen LogP contribution in [0, 0.1) is 0 Å². The van der Waals surface area contributed by atoms with Crippen LogP contribution in [0.3, 0.4) is 0 Å². The van der Waals surface area contributed by atoms with Crippen molar-refractivity contribution < 1.29 is 18.8 Å². The average Bonchev–Trinajstić information content (AvgIpc) is 2.67. The fourth-order valence-electron chi connectivity index (χ4n) is 2.90. The molecule has 0 saturated carbocycles. The highest BCUT2D eigenvalue weighted by Gasteiger charge is 2.11. The van der Waals surface area contributed by atoms with Crippen LogP contribution in [-0.2, 0) is 7.05 Å². The molecule has 0 unspecified atom stereocenters. The Hall–Kier alpha value is -3.01. The zero-order chi connectivity index (χ0) is 17.8. The maximum atomic E-state index is 5.49. The molecule has 25 heavy (non-hydrogen) atoms. The molecule has 4 nitrogen and oxygen atoms in total. The Morgan fingerprint density at radius 1 is 0.760 bits per heavy atom. The Bertz CT molecular complexity index is 932.